The topological polar surface area (TPSA) is 0 Å². The van der Waals surface area contributed by atoms with E-state index in [4.69, 9.17) is 0 Å². The van der Waals surface area contributed by atoms with E-state index in [9.17, 15) is 0 Å². The van der Waals surface area contributed by atoms with Crippen molar-refractivity contribution >= 4 is 53.2 Å². The summed E-state index contributed by atoms with van der Waals surface area (Å²) in [6.45, 7) is 6.87. The number of hydrogen-bond donors (Lipinski definition) is 0. The molecule has 70 valence electrons. The summed E-state index contributed by atoms with van der Waals surface area (Å²) in [4.78, 5) is 0. The van der Waals surface area contributed by atoms with Crippen LogP contribution in [0.3, 0.4) is 0 Å². The molecule has 0 nitrogen and oxygen atoms in total. The normalized spacial score (nSPS) is 11.6. The van der Waals surface area contributed by atoms with Crippen LogP contribution in [0.1, 0.15) is 26.3 Å². The molecule has 0 aliphatic heterocycles. The minimum absolute atomic E-state index is 0.257. The highest BCUT2D eigenvalue weighted by Crippen LogP contribution is 2.16. The molecule has 4 heteroatoms. The van der Waals surface area contributed by atoms with Crippen LogP contribution in [0.5, 0.6) is 0 Å². The van der Waals surface area contributed by atoms with Crippen molar-refractivity contribution in [2.45, 2.75) is 26.2 Å². The Kier molecular flexibility index (Phi) is 2.94. The molecule has 0 unspecified atom stereocenters. The van der Waals surface area contributed by atoms with Crippen molar-refractivity contribution < 1.29 is 0 Å². The molecule has 0 aliphatic rings. The van der Waals surface area contributed by atoms with Gasteiger partial charge in [0.05, 0.1) is 0 Å². The molecule has 0 fully saturated rings. The average molecular weight is 182 g/mol. The van der Waals surface area contributed by atoms with Gasteiger partial charge < -0.3 is 0 Å². The fraction of sp³-hybridized carbons (Fsp3) is 0.400. The van der Waals surface area contributed by atoms with E-state index in [0.29, 0.717) is 0 Å². The maximum Gasteiger partial charge on any atom is 0.139 e. The van der Waals surface area contributed by atoms with Crippen LogP contribution in [0, 0.1) is 0 Å². The lowest BCUT2D eigenvalue weighted by Crippen LogP contribution is -2.48. The summed E-state index contributed by atoms with van der Waals surface area (Å²) in [5.74, 6) is 0. The van der Waals surface area contributed by atoms with E-state index in [-0.39, 0.29) is 5.41 Å². The summed E-state index contributed by atoms with van der Waals surface area (Å²) in [6, 6.07) is 2.31. The zero-order valence-electron chi connectivity index (χ0n) is 10.6. The highest BCUT2D eigenvalue weighted by Gasteiger charge is 2.19. The van der Waals surface area contributed by atoms with Gasteiger partial charge in [-0.2, -0.15) is 0 Å². The first-order valence-electron chi connectivity index (χ1n) is 5.33. The van der Waals surface area contributed by atoms with Crippen LogP contribution < -0.4 is 21.9 Å². The van der Waals surface area contributed by atoms with E-state index in [1.165, 1.54) is 27.4 Å². The molecule has 1 aromatic carbocycles. The fourth-order valence-corrected chi connectivity index (χ4v) is 2.44. The van der Waals surface area contributed by atoms with Gasteiger partial charge in [-0.1, -0.05) is 48.8 Å². The standard InChI is InChI=1S/C10H18B4/c1-10(2,3)7-5(11)4-6(12)8(13)9(7)14/h4H,11-14H2,1-3H3. The van der Waals surface area contributed by atoms with Gasteiger partial charge in [-0.3, -0.25) is 0 Å². The molecule has 0 aromatic heterocycles. The van der Waals surface area contributed by atoms with Crippen molar-refractivity contribution in [1.82, 2.24) is 0 Å². The Morgan fingerprint density at radius 1 is 0.857 bits per heavy atom. The van der Waals surface area contributed by atoms with E-state index in [0.717, 1.165) is 0 Å². The molecule has 0 aliphatic carbocycles. The summed E-state index contributed by atoms with van der Waals surface area (Å²) in [5, 5.41) is 0. The van der Waals surface area contributed by atoms with E-state index in [1.54, 1.807) is 0 Å². The molecule has 0 radical (unpaired) electrons. The van der Waals surface area contributed by atoms with E-state index in [1.807, 2.05) is 0 Å². The molecule has 14 heavy (non-hydrogen) atoms. The number of benzene rings is 1. The highest BCUT2D eigenvalue weighted by atomic mass is 14.2. The van der Waals surface area contributed by atoms with Gasteiger partial charge in [0.2, 0.25) is 0 Å². The first-order valence-corrected chi connectivity index (χ1v) is 5.33. The summed E-state index contributed by atoms with van der Waals surface area (Å²) < 4.78 is 0. The van der Waals surface area contributed by atoms with Crippen molar-refractivity contribution in [1.29, 1.82) is 0 Å². The van der Waals surface area contributed by atoms with E-state index in [2.05, 4.69) is 58.2 Å². The molecule has 0 saturated heterocycles. The van der Waals surface area contributed by atoms with Crippen LogP contribution in [0.4, 0.5) is 0 Å². The van der Waals surface area contributed by atoms with Crippen LogP contribution in [0.15, 0.2) is 6.07 Å². The second-order valence-electron chi connectivity index (χ2n) is 5.39. The minimum atomic E-state index is 0.257. The van der Waals surface area contributed by atoms with Gasteiger partial charge in [-0.25, -0.2) is 0 Å². The highest BCUT2D eigenvalue weighted by molar-refractivity contribution is 6.59. The molecular weight excluding hydrogens is 163 g/mol. The maximum atomic E-state index is 2.31. The van der Waals surface area contributed by atoms with Gasteiger partial charge in [0.1, 0.15) is 31.4 Å². The van der Waals surface area contributed by atoms with Gasteiger partial charge in [0, 0.05) is 0 Å². The van der Waals surface area contributed by atoms with Crippen molar-refractivity contribution in [2.75, 3.05) is 0 Å². The second-order valence-corrected chi connectivity index (χ2v) is 5.39. The summed E-state index contributed by atoms with van der Waals surface area (Å²) >= 11 is 0. The Morgan fingerprint density at radius 2 is 1.36 bits per heavy atom. The number of rotatable bonds is 0. The lowest BCUT2D eigenvalue weighted by molar-refractivity contribution is 0.598. The Hall–Kier alpha value is -0.520. The molecule has 0 N–H and O–H groups in total. The Morgan fingerprint density at radius 3 is 1.79 bits per heavy atom. The predicted octanol–water partition coefficient (Wildman–Crippen LogP) is -3.98. The van der Waals surface area contributed by atoms with Crippen molar-refractivity contribution in [3.63, 3.8) is 0 Å². The molecule has 0 saturated carbocycles. The Labute approximate surface area is 91.5 Å². The molecule has 1 rings (SSSR count). The van der Waals surface area contributed by atoms with Crippen molar-refractivity contribution in [3.05, 3.63) is 11.6 Å². The maximum absolute atomic E-state index is 2.31. The van der Waals surface area contributed by atoms with E-state index < -0.39 is 0 Å². The number of hydrogen-bond acceptors (Lipinski definition) is 0. The lowest BCUT2D eigenvalue weighted by Gasteiger charge is -2.27. The van der Waals surface area contributed by atoms with Crippen LogP contribution >= 0.6 is 0 Å². The smallest absolute Gasteiger partial charge is 0.101 e. The third-order valence-electron chi connectivity index (χ3n) is 3.11. The molecule has 0 atom stereocenters. The second kappa shape index (κ2) is 3.56. The zero-order chi connectivity index (χ0) is 11.1. The minimum Gasteiger partial charge on any atom is -0.101 e. The Balaban J connectivity index is 3.53. The lowest BCUT2D eigenvalue weighted by atomic mass is 9.62. The summed E-state index contributed by atoms with van der Waals surface area (Å²) in [6.07, 6.45) is 0. The first-order chi connectivity index (χ1) is 6.25. The SMILES string of the molecule is Bc1cc(B)c(C(C)(C)C)c(B)c1B. The predicted molar refractivity (Wildman–Crippen MR) is 77.9 cm³/mol. The van der Waals surface area contributed by atoms with Crippen molar-refractivity contribution in [2.24, 2.45) is 0 Å². The van der Waals surface area contributed by atoms with Crippen LogP contribution in [-0.2, 0) is 5.41 Å². The molecular formula is C10H18B4. The summed E-state index contributed by atoms with van der Waals surface area (Å²) in [7, 11) is 8.89. The average Bonchev–Trinajstić information content (AvgIpc) is 1.97. The van der Waals surface area contributed by atoms with E-state index >= 15 is 0 Å². The van der Waals surface area contributed by atoms with Gasteiger partial charge in [-0.15, -0.1) is 5.46 Å². The largest absolute Gasteiger partial charge is 0.139 e. The molecule has 0 spiro atoms. The van der Waals surface area contributed by atoms with Gasteiger partial charge >= 0.3 is 0 Å². The Bertz CT molecular complexity index is 363. The van der Waals surface area contributed by atoms with Crippen LogP contribution in [0.2, 0.25) is 0 Å². The third kappa shape index (κ3) is 1.94. The molecule has 0 bridgehead atoms. The zero-order valence-corrected chi connectivity index (χ0v) is 10.6. The third-order valence-corrected chi connectivity index (χ3v) is 3.11. The first kappa shape index (κ1) is 11.6. The molecule has 0 amide bonds. The molecule has 1 aromatic rings. The quantitative estimate of drug-likeness (QED) is 0.358. The molecule has 0 heterocycles. The van der Waals surface area contributed by atoms with Crippen LogP contribution in [-0.4, -0.2) is 31.4 Å². The van der Waals surface area contributed by atoms with Crippen molar-refractivity contribution in [3.8, 4) is 0 Å². The van der Waals surface area contributed by atoms with Crippen LogP contribution in [0.25, 0.3) is 0 Å². The summed E-state index contributed by atoms with van der Waals surface area (Å²) in [5.41, 5.74) is 7.52. The fourth-order valence-electron chi connectivity index (χ4n) is 2.44. The van der Waals surface area contributed by atoms with Gasteiger partial charge in [-0.05, 0) is 5.41 Å². The van der Waals surface area contributed by atoms with Gasteiger partial charge in [0.25, 0.3) is 0 Å². The monoisotopic (exact) mass is 182 g/mol. The van der Waals surface area contributed by atoms with Gasteiger partial charge in [0.15, 0.2) is 0 Å².